The highest BCUT2D eigenvalue weighted by Gasteiger charge is 2.55. The number of carboxylic acid groups (broad SMARTS) is 1. The number of benzene rings is 1. The topological polar surface area (TPSA) is 66.8 Å². The van der Waals surface area contributed by atoms with Crippen LogP contribution in [0.25, 0.3) is 0 Å². The number of nitrogens with zero attached hydrogens (tertiary/aromatic N) is 1. The molecule has 1 N–H and O–H groups in total. The van der Waals surface area contributed by atoms with E-state index in [1.165, 1.54) is 11.3 Å². The Morgan fingerprint density at radius 3 is 2.80 bits per heavy atom. The van der Waals surface area contributed by atoms with Crippen LogP contribution in [0.1, 0.15) is 20.1 Å². The lowest BCUT2D eigenvalue weighted by atomic mass is 9.74. The molecule has 0 saturated carbocycles. The highest BCUT2D eigenvalue weighted by molar-refractivity contribution is 7.13. The largest absolute Gasteiger partial charge is 0.493 e. The van der Waals surface area contributed by atoms with Gasteiger partial charge in [0.1, 0.15) is 5.75 Å². The van der Waals surface area contributed by atoms with Gasteiger partial charge in [-0.2, -0.15) is 0 Å². The Balaban J connectivity index is 1.67. The molecule has 3 heterocycles. The van der Waals surface area contributed by atoms with Gasteiger partial charge in [0.15, 0.2) is 0 Å². The van der Waals surface area contributed by atoms with Crippen LogP contribution in [0.5, 0.6) is 5.75 Å². The number of rotatable bonds is 2. The average molecular weight is 357 g/mol. The third kappa shape index (κ3) is 2.61. The van der Waals surface area contributed by atoms with Gasteiger partial charge in [-0.05, 0) is 37.1 Å². The third-order valence-corrected chi connectivity index (χ3v) is 6.27. The van der Waals surface area contributed by atoms with E-state index in [0.717, 1.165) is 16.2 Å². The number of fused-ring (bicyclic) bond motifs is 2. The first-order chi connectivity index (χ1) is 12.0. The Kier molecular flexibility index (Phi) is 3.80. The first-order valence-corrected chi connectivity index (χ1v) is 9.11. The van der Waals surface area contributed by atoms with Crippen LogP contribution in [0.2, 0.25) is 0 Å². The molecule has 1 saturated heterocycles. The van der Waals surface area contributed by atoms with Crippen LogP contribution in [-0.2, 0) is 11.2 Å². The number of thiophene rings is 1. The van der Waals surface area contributed by atoms with E-state index >= 15 is 0 Å². The van der Waals surface area contributed by atoms with Crippen molar-refractivity contribution in [3.05, 3.63) is 51.7 Å². The van der Waals surface area contributed by atoms with Crippen LogP contribution in [0.4, 0.5) is 0 Å². The van der Waals surface area contributed by atoms with E-state index in [-0.39, 0.29) is 18.4 Å². The minimum atomic E-state index is -0.992. The molecule has 0 unspecified atom stereocenters. The maximum absolute atomic E-state index is 12.8. The molecule has 4 rings (SSSR count). The van der Waals surface area contributed by atoms with Gasteiger partial charge in [-0.3, -0.25) is 9.59 Å². The molecule has 0 bridgehead atoms. The molecule has 2 atom stereocenters. The highest BCUT2D eigenvalue weighted by Crippen LogP contribution is 2.44. The standard InChI is InChI=1S/C19H19NO4S/c1-12-6-7-16(25-12)17(21)20-9-14-10-24-15-5-3-2-4-13(15)8-19(14,11-20)18(22)23/h2-7,14H,8-11H2,1H3,(H,22,23)/t14-,19+/m1/s1. The van der Waals surface area contributed by atoms with Gasteiger partial charge in [-0.1, -0.05) is 18.2 Å². The van der Waals surface area contributed by atoms with Gasteiger partial charge in [0.25, 0.3) is 5.91 Å². The molecule has 0 aliphatic carbocycles. The molecule has 1 amide bonds. The summed E-state index contributed by atoms with van der Waals surface area (Å²) < 4.78 is 5.88. The first-order valence-electron chi connectivity index (χ1n) is 8.29. The van der Waals surface area contributed by atoms with Crippen LogP contribution >= 0.6 is 11.3 Å². The first kappa shape index (κ1) is 16.1. The molecule has 1 aromatic heterocycles. The van der Waals surface area contributed by atoms with E-state index in [1.807, 2.05) is 43.3 Å². The number of ether oxygens (including phenoxy) is 1. The quantitative estimate of drug-likeness (QED) is 0.897. The molecular formula is C19H19NO4S. The van der Waals surface area contributed by atoms with Crippen molar-refractivity contribution in [2.45, 2.75) is 13.3 Å². The monoisotopic (exact) mass is 357 g/mol. The zero-order valence-electron chi connectivity index (χ0n) is 13.9. The van der Waals surface area contributed by atoms with E-state index in [9.17, 15) is 14.7 Å². The van der Waals surface area contributed by atoms with Gasteiger partial charge in [-0.25, -0.2) is 0 Å². The number of carbonyl (C=O) groups excluding carboxylic acids is 1. The Bertz CT molecular complexity index is 845. The van der Waals surface area contributed by atoms with Crippen molar-refractivity contribution in [1.82, 2.24) is 4.90 Å². The zero-order valence-corrected chi connectivity index (χ0v) is 14.7. The molecule has 0 spiro atoms. The smallest absolute Gasteiger partial charge is 0.312 e. The number of carboxylic acids is 1. The lowest BCUT2D eigenvalue weighted by Crippen LogP contribution is -2.42. The Morgan fingerprint density at radius 1 is 1.28 bits per heavy atom. The molecule has 5 nitrogen and oxygen atoms in total. The summed E-state index contributed by atoms with van der Waals surface area (Å²) in [4.78, 5) is 28.5. The average Bonchev–Trinajstić information content (AvgIpc) is 3.14. The van der Waals surface area contributed by atoms with Crippen molar-refractivity contribution in [1.29, 1.82) is 0 Å². The van der Waals surface area contributed by atoms with E-state index in [4.69, 9.17) is 4.74 Å². The van der Waals surface area contributed by atoms with Gasteiger partial charge >= 0.3 is 5.97 Å². The number of hydrogen-bond donors (Lipinski definition) is 1. The van der Waals surface area contributed by atoms with Crippen LogP contribution < -0.4 is 4.74 Å². The summed E-state index contributed by atoms with van der Waals surface area (Å²) in [5.41, 5.74) is -0.0946. The molecule has 130 valence electrons. The summed E-state index contributed by atoms with van der Waals surface area (Å²) in [6.45, 7) is 2.91. The molecule has 25 heavy (non-hydrogen) atoms. The van der Waals surface area contributed by atoms with E-state index < -0.39 is 11.4 Å². The fourth-order valence-electron chi connectivity index (χ4n) is 3.89. The molecule has 2 aliphatic rings. The van der Waals surface area contributed by atoms with Crippen LogP contribution in [0.3, 0.4) is 0 Å². The van der Waals surface area contributed by atoms with Crippen LogP contribution in [0.15, 0.2) is 36.4 Å². The van der Waals surface area contributed by atoms with Crippen molar-refractivity contribution in [3.8, 4) is 5.75 Å². The summed E-state index contributed by atoms with van der Waals surface area (Å²) in [6, 6.07) is 11.3. The van der Waals surface area contributed by atoms with E-state index in [1.54, 1.807) is 4.90 Å². The minimum absolute atomic E-state index is 0.0833. The van der Waals surface area contributed by atoms with Gasteiger partial charge in [0, 0.05) is 23.9 Å². The number of aliphatic carboxylic acids is 1. The molecule has 1 fully saturated rings. The van der Waals surface area contributed by atoms with Crippen molar-refractivity contribution >= 4 is 23.2 Å². The van der Waals surface area contributed by atoms with Crippen molar-refractivity contribution in [2.75, 3.05) is 19.7 Å². The SMILES string of the molecule is Cc1ccc(C(=O)N2C[C@@H]3COc4ccccc4C[C@]3(C(=O)O)C2)s1. The zero-order chi connectivity index (χ0) is 17.6. The predicted octanol–water partition coefficient (Wildman–Crippen LogP) is 2.83. The lowest BCUT2D eigenvalue weighted by Gasteiger charge is -2.27. The van der Waals surface area contributed by atoms with Crippen molar-refractivity contribution in [3.63, 3.8) is 0 Å². The molecular weight excluding hydrogens is 338 g/mol. The fraction of sp³-hybridized carbons (Fsp3) is 0.368. The predicted molar refractivity (Wildman–Crippen MR) is 94.2 cm³/mol. The summed E-state index contributed by atoms with van der Waals surface area (Å²) in [7, 11) is 0. The number of amides is 1. The Hall–Kier alpha value is -2.34. The van der Waals surface area contributed by atoms with Crippen molar-refractivity contribution in [2.24, 2.45) is 11.3 Å². The van der Waals surface area contributed by atoms with Crippen molar-refractivity contribution < 1.29 is 19.4 Å². The maximum atomic E-state index is 12.8. The fourth-order valence-corrected chi connectivity index (χ4v) is 4.72. The Labute approximate surface area is 149 Å². The Morgan fingerprint density at radius 2 is 2.08 bits per heavy atom. The normalized spacial score (nSPS) is 24.8. The van der Waals surface area contributed by atoms with Crippen LogP contribution in [-0.4, -0.2) is 41.6 Å². The van der Waals surface area contributed by atoms with Crippen LogP contribution in [0, 0.1) is 18.3 Å². The molecule has 1 aromatic carbocycles. The molecule has 2 aromatic rings. The number of likely N-dealkylation sites (tertiary alicyclic amines) is 1. The van der Waals surface area contributed by atoms with Gasteiger partial charge < -0.3 is 14.7 Å². The van der Waals surface area contributed by atoms with Gasteiger partial charge in [0.05, 0.1) is 16.9 Å². The highest BCUT2D eigenvalue weighted by atomic mass is 32.1. The number of para-hydroxylation sites is 1. The van der Waals surface area contributed by atoms with Gasteiger partial charge in [-0.15, -0.1) is 11.3 Å². The summed E-state index contributed by atoms with van der Waals surface area (Å²) in [5.74, 6) is -0.401. The second kappa shape index (κ2) is 5.88. The number of aryl methyl sites for hydroxylation is 1. The molecule has 6 heteroatoms. The number of hydrogen-bond acceptors (Lipinski definition) is 4. The molecule has 2 aliphatic heterocycles. The summed E-state index contributed by atoms with van der Waals surface area (Å²) in [5, 5.41) is 10.0. The minimum Gasteiger partial charge on any atom is -0.493 e. The van der Waals surface area contributed by atoms with E-state index in [0.29, 0.717) is 24.4 Å². The number of carbonyl (C=O) groups is 2. The third-order valence-electron chi connectivity index (χ3n) is 5.28. The van der Waals surface area contributed by atoms with Gasteiger partial charge in [0.2, 0.25) is 0 Å². The maximum Gasteiger partial charge on any atom is 0.312 e. The van der Waals surface area contributed by atoms with E-state index in [2.05, 4.69) is 0 Å². The summed E-state index contributed by atoms with van der Waals surface area (Å²) in [6.07, 6.45) is 0.385. The molecule has 0 radical (unpaired) electrons. The summed E-state index contributed by atoms with van der Waals surface area (Å²) >= 11 is 1.45. The second-order valence-corrected chi connectivity index (χ2v) is 8.14. The lowest BCUT2D eigenvalue weighted by molar-refractivity contribution is -0.150. The second-order valence-electron chi connectivity index (χ2n) is 6.85.